The molecule has 0 spiro atoms. The molecule has 0 unspecified atom stereocenters. The Morgan fingerprint density at radius 2 is 1.95 bits per heavy atom. The molecule has 3 rings (SSSR count). The second kappa shape index (κ2) is 6.55. The van der Waals surface area contributed by atoms with Crippen LogP contribution in [0.5, 0.6) is 0 Å². The molecule has 0 saturated carbocycles. The zero-order valence-corrected chi connectivity index (χ0v) is 12.0. The highest BCUT2D eigenvalue weighted by atomic mass is 15.3. The Labute approximate surface area is 128 Å². The third-order valence-electron chi connectivity index (χ3n) is 3.36. The molecule has 1 aromatic carbocycles. The van der Waals surface area contributed by atoms with Gasteiger partial charge in [0.05, 0.1) is 12.1 Å². The molecule has 5 nitrogen and oxygen atoms in total. The fraction of sp³-hybridized carbons (Fsp3) is 0.118. The Kier molecular flexibility index (Phi) is 4.12. The summed E-state index contributed by atoms with van der Waals surface area (Å²) in [6.45, 7) is 1.42. The van der Waals surface area contributed by atoms with Crippen molar-refractivity contribution in [2.45, 2.75) is 13.1 Å². The van der Waals surface area contributed by atoms with Crippen LogP contribution in [0, 0.1) is 11.3 Å². The summed E-state index contributed by atoms with van der Waals surface area (Å²) in [6.07, 6.45) is 5.30. The van der Waals surface area contributed by atoms with E-state index in [2.05, 4.69) is 33.6 Å². The normalized spacial score (nSPS) is 10.1. The van der Waals surface area contributed by atoms with Crippen LogP contribution in [-0.4, -0.2) is 14.8 Å². The van der Waals surface area contributed by atoms with Gasteiger partial charge in [0.1, 0.15) is 11.9 Å². The van der Waals surface area contributed by atoms with Crippen LogP contribution >= 0.6 is 0 Å². The van der Waals surface area contributed by atoms with Crippen molar-refractivity contribution in [1.82, 2.24) is 14.8 Å². The molecule has 2 heterocycles. The Bertz CT molecular complexity index is 770. The van der Waals surface area contributed by atoms with E-state index in [4.69, 9.17) is 5.26 Å². The highest BCUT2D eigenvalue weighted by Crippen LogP contribution is 2.13. The van der Waals surface area contributed by atoms with Crippen molar-refractivity contribution >= 4 is 5.82 Å². The molecule has 0 aliphatic carbocycles. The lowest BCUT2D eigenvalue weighted by Crippen LogP contribution is -2.07. The monoisotopic (exact) mass is 289 g/mol. The second-order valence-electron chi connectivity index (χ2n) is 4.87. The second-order valence-corrected chi connectivity index (χ2v) is 4.87. The lowest BCUT2D eigenvalue weighted by Gasteiger charge is -2.11. The third-order valence-corrected chi connectivity index (χ3v) is 3.36. The summed E-state index contributed by atoms with van der Waals surface area (Å²) in [5, 5.41) is 16.3. The molecule has 1 N–H and O–H groups in total. The maximum absolute atomic E-state index is 8.78. The standard InChI is InChI=1S/C17H15N5/c18-10-14-6-7-17(19-11-14)20-12-15-4-1-2-5-16(15)13-22-9-3-8-21-22/h1-9,11H,12-13H2,(H,19,20). The molecular weight excluding hydrogens is 274 g/mol. The number of nitriles is 1. The largest absolute Gasteiger partial charge is 0.366 e. The number of benzene rings is 1. The first-order chi connectivity index (χ1) is 10.8. The van der Waals surface area contributed by atoms with Gasteiger partial charge in [0.2, 0.25) is 0 Å². The number of nitrogens with one attached hydrogen (secondary N) is 1. The average molecular weight is 289 g/mol. The van der Waals surface area contributed by atoms with Gasteiger partial charge in [0.15, 0.2) is 0 Å². The van der Waals surface area contributed by atoms with Gasteiger partial charge < -0.3 is 5.32 Å². The van der Waals surface area contributed by atoms with Gasteiger partial charge in [-0.25, -0.2) is 4.98 Å². The van der Waals surface area contributed by atoms with Crippen LogP contribution in [-0.2, 0) is 13.1 Å². The van der Waals surface area contributed by atoms with Gasteiger partial charge in [0, 0.05) is 25.1 Å². The first-order valence-corrected chi connectivity index (χ1v) is 6.99. The van der Waals surface area contributed by atoms with E-state index < -0.39 is 0 Å². The fourth-order valence-electron chi connectivity index (χ4n) is 2.20. The van der Waals surface area contributed by atoms with Crippen molar-refractivity contribution in [3.8, 4) is 6.07 Å². The van der Waals surface area contributed by atoms with Crippen molar-refractivity contribution in [3.05, 3.63) is 77.7 Å². The van der Waals surface area contributed by atoms with E-state index in [-0.39, 0.29) is 0 Å². The van der Waals surface area contributed by atoms with E-state index in [1.165, 1.54) is 11.1 Å². The molecule has 0 atom stereocenters. The minimum atomic E-state index is 0.560. The predicted molar refractivity (Wildman–Crippen MR) is 84.0 cm³/mol. The van der Waals surface area contributed by atoms with Gasteiger partial charge in [-0.05, 0) is 29.3 Å². The van der Waals surface area contributed by atoms with Gasteiger partial charge in [-0.15, -0.1) is 0 Å². The lowest BCUT2D eigenvalue weighted by molar-refractivity contribution is 0.682. The maximum Gasteiger partial charge on any atom is 0.126 e. The molecule has 0 radical (unpaired) electrons. The van der Waals surface area contributed by atoms with E-state index in [0.717, 1.165) is 12.4 Å². The average Bonchev–Trinajstić information content (AvgIpc) is 3.07. The summed E-state index contributed by atoms with van der Waals surface area (Å²) in [6, 6.07) is 15.8. The molecular formula is C17H15N5. The number of pyridine rings is 1. The van der Waals surface area contributed by atoms with E-state index >= 15 is 0 Å². The first-order valence-electron chi connectivity index (χ1n) is 6.99. The minimum absolute atomic E-state index is 0.560. The predicted octanol–water partition coefficient (Wildman–Crippen LogP) is 2.81. The number of anilines is 1. The van der Waals surface area contributed by atoms with E-state index in [9.17, 15) is 0 Å². The molecule has 2 aromatic heterocycles. The van der Waals surface area contributed by atoms with Crippen molar-refractivity contribution in [2.24, 2.45) is 0 Å². The van der Waals surface area contributed by atoms with Crippen LogP contribution in [0.1, 0.15) is 16.7 Å². The number of hydrogen-bond donors (Lipinski definition) is 1. The lowest BCUT2D eigenvalue weighted by atomic mass is 10.1. The van der Waals surface area contributed by atoms with Gasteiger partial charge in [-0.3, -0.25) is 4.68 Å². The summed E-state index contributed by atoms with van der Waals surface area (Å²) in [4.78, 5) is 4.22. The van der Waals surface area contributed by atoms with Crippen LogP contribution in [0.4, 0.5) is 5.82 Å². The summed E-state index contributed by atoms with van der Waals surface area (Å²) in [5.74, 6) is 0.757. The fourth-order valence-corrected chi connectivity index (χ4v) is 2.20. The smallest absolute Gasteiger partial charge is 0.126 e. The number of aromatic nitrogens is 3. The van der Waals surface area contributed by atoms with Gasteiger partial charge in [0.25, 0.3) is 0 Å². The van der Waals surface area contributed by atoms with Crippen LogP contribution < -0.4 is 5.32 Å². The third kappa shape index (κ3) is 3.30. The Morgan fingerprint density at radius 1 is 1.09 bits per heavy atom. The number of rotatable bonds is 5. The van der Waals surface area contributed by atoms with Gasteiger partial charge in [-0.2, -0.15) is 10.4 Å². The highest BCUT2D eigenvalue weighted by molar-refractivity contribution is 5.40. The first kappa shape index (κ1) is 13.8. The molecule has 0 aliphatic rings. The highest BCUT2D eigenvalue weighted by Gasteiger charge is 2.03. The number of hydrogen-bond acceptors (Lipinski definition) is 4. The maximum atomic E-state index is 8.78. The summed E-state index contributed by atoms with van der Waals surface area (Å²) in [5.41, 5.74) is 2.97. The van der Waals surface area contributed by atoms with Gasteiger partial charge >= 0.3 is 0 Å². The van der Waals surface area contributed by atoms with Crippen molar-refractivity contribution in [1.29, 1.82) is 5.26 Å². The van der Waals surface area contributed by atoms with Crippen LogP contribution in [0.25, 0.3) is 0 Å². The van der Waals surface area contributed by atoms with Crippen molar-refractivity contribution < 1.29 is 0 Å². The zero-order valence-electron chi connectivity index (χ0n) is 12.0. The molecule has 3 aromatic rings. The van der Waals surface area contributed by atoms with E-state index in [1.807, 2.05) is 35.1 Å². The zero-order chi connectivity index (χ0) is 15.2. The van der Waals surface area contributed by atoms with E-state index in [1.54, 1.807) is 18.5 Å². The molecule has 0 aliphatic heterocycles. The molecule has 108 valence electrons. The molecule has 0 amide bonds. The minimum Gasteiger partial charge on any atom is -0.366 e. The molecule has 22 heavy (non-hydrogen) atoms. The summed E-state index contributed by atoms with van der Waals surface area (Å²) < 4.78 is 1.90. The van der Waals surface area contributed by atoms with Gasteiger partial charge in [-0.1, -0.05) is 24.3 Å². The number of nitrogens with zero attached hydrogens (tertiary/aromatic N) is 4. The van der Waals surface area contributed by atoms with Crippen molar-refractivity contribution in [2.75, 3.05) is 5.32 Å². The Balaban J connectivity index is 1.70. The quantitative estimate of drug-likeness (QED) is 0.784. The van der Waals surface area contributed by atoms with Crippen LogP contribution in [0.3, 0.4) is 0 Å². The molecule has 0 fully saturated rings. The van der Waals surface area contributed by atoms with E-state index in [0.29, 0.717) is 12.1 Å². The topological polar surface area (TPSA) is 66.5 Å². The summed E-state index contributed by atoms with van der Waals surface area (Å²) in [7, 11) is 0. The van der Waals surface area contributed by atoms with Crippen LogP contribution in [0.2, 0.25) is 0 Å². The molecule has 5 heteroatoms. The Morgan fingerprint density at radius 3 is 2.64 bits per heavy atom. The van der Waals surface area contributed by atoms with Crippen molar-refractivity contribution in [3.63, 3.8) is 0 Å². The SMILES string of the molecule is N#Cc1ccc(NCc2ccccc2Cn2cccn2)nc1. The van der Waals surface area contributed by atoms with Crippen LogP contribution in [0.15, 0.2) is 61.1 Å². The Hall–Kier alpha value is -3.13. The molecule has 0 bridgehead atoms. The summed E-state index contributed by atoms with van der Waals surface area (Å²) >= 11 is 0. The molecule has 0 saturated heterocycles.